The predicted molar refractivity (Wildman–Crippen MR) is 173 cm³/mol. The molecule has 0 amide bonds. The van der Waals surface area contributed by atoms with Crippen molar-refractivity contribution in [1.82, 2.24) is 0 Å². The molecule has 0 spiro atoms. The van der Waals surface area contributed by atoms with Crippen LogP contribution in [0.1, 0.15) is 168 Å². The molecule has 0 rings (SSSR count). The number of phosphoric ester groups is 1. The minimum atomic E-state index is -4.74. The number of hydrogen-bond acceptors (Lipinski definition) is 9. The topological polar surface area (TPSA) is 149 Å². The van der Waals surface area contributed by atoms with Gasteiger partial charge in [-0.15, -0.1) is 0 Å². The van der Waals surface area contributed by atoms with Gasteiger partial charge in [-0.1, -0.05) is 142 Å². The van der Waals surface area contributed by atoms with Crippen molar-refractivity contribution < 1.29 is 47.8 Å². The third-order valence-electron chi connectivity index (χ3n) is 7.53. The highest BCUT2D eigenvalue weighted by atomic mass is 31.2. The van der Waals surface area contributed by atoms with E-state index in [2.05, 4.69) is 18.4 Å². The third-order valence-corrected chi connectivity index (χ3v) is 8.52. The summed E-state index contributed by atoms with van der Waals surface area (Å²) in [5, 5.41) is 18.1. The summed E-state index contributed by atoms with van der Waals surface area (Å²) in [6.07, 6.45) is 22.9. The van der Waals surface area contributed by atoms with Crippen molar-refractivity contribution in [2.75, 3.05) is 19.8 Å². The van der Waals surface area contributed by atoms with Gasteiger partial charge in [-0.2, -0.15) is 0 Å². The van der Waals surface area contributed by atoms with E-state index >= 15 is 0 Å². The molecule has 44 heavy (non-hydrogen) atoms. The fraction of sp³-hybridized carbons (Fsp3) is 0.939. The van der Waals surface area contributed by atoms with Gasteiger partial charge in [-0.25, -0.2) is 4.57 Å². The summed E-state index contributed by atoms with van der Waals surface area (Å²) in [5.41, 5.74) is 0. The van der Waals surface area contributed by atoms with Gasteiger partial charge in [0.05, 0.1) is 13.2 Å². The van der Waals surface area contributed by atoms with Crippen LogP contribution in [0, 0.1) is 0 Å². The average molecular weight is 653 g/mol. The van der Waals surface area contributed by atoms with Gasteiger partial charge < -0.3 is 24.6 Å². The van der Waals surface area contributed by atoms with E-state index in [9.17, 15) is 24.2 Å². The highest BCUT2D eigenvalue weighted by molar-refractivity contribution is 7.47. The second-order valence-corrected chi connectivity index (χ2v) is 13.3. The van der Waals surface area contributed by atoms with Crippen LogP contribution in [0.4, 0.5) is 0 Å². The van der Waals surface area contributed by atoms with Gasteiger partial charge in [0.1, 0.15) is 6.61 Å². The van der Waals surface area contributed by atoms with Crippen molar-refractivity contribution in [3.05, 3.63) is 0 Å². The number of ether oxygens (including phenoxy) is 2. The molecule has 0 aromatic heterocycles. The van der Waals surface area contributed by atoms with E-state index in [1.165, 1.54) is 89.9 Å². The molecule has 11 heteroatoms. The number of carbonyl (C=O) groups is 2. The maximum atomic E-state index is 12.4. The molecule has 0 aromatic carbocycles. The molecule has 0 aliphatic carbocycles. The number of carbonyl (C=O) groups excluding carboxylic acids is 2. The van der Waals surface area contributed by atoms with Gasteiger partial charge in [0.15, 0.2) is 12.4 Å². The maximum Gasteiger partial charge on any atom is 0.474 e. The first-order valence-electron chi connectivity index (χ1n) is 17.5. The second-order valence-electron chi connectivity index (χ2n) is 11.9. The summed E-state index contributed by atoms with van der Waals surface area (Å²) in [7, 11) is -4.74. The van der Waals surface area contributed by atoms with Crippen LogP contribution in [0.15, 0.2) is 0 Å². The highest BCUT2D eigenvalue weighted by Gasteiger charge is 2.28. The average Bonchev–Trinajstić information content (AvgIpc) is 2.99. The molecule has 0 saturated heterocycles. The van der Waals surface area contributed by atoms with E-state index in [1.54, 1.807) is 0 Å². The van der Waals surface area contributed by atoms with E-state index in [0.717, 1.165) is 38.5 Å². The monoisotopic (exact) mass is 652 g/mol. The van der Waals surface area contributed by atoms with Gasteiger partial charge in [0.2, 0.25) is 0 Å². The Morgan fingerprint density at radius 3 is 1.41 bits per heavy atom. The quantitative estimate of drug-likeness (QED) is 0.0274. The zero-order valence-corrected chi connectivity index (χ0v) is 28.8. The molecule has 3 N–H and O–H groups in total. The van der Waals surface area contributed by atoms with Crippen LogP contribution in [-0.4, -0.2) is 59.3 Å². The number of esters is 2. The van der Waals surface area contributed by atoms with Gasteiger partial charge >= 0.3 is 19.8 Å². The van der Waals surface area contributed by atoms with E-state index in [0.29, 0.717) is 12.8 Å². The zero-order chi connectivity index (χ0) is 32.7. The number of phosphoric acid groups is 1. The van der Waals surface area contributed by atoms with Crippen LogP contribution in [-0.2, 0) is 32.7 Å². The molecule has 262 valence electrons. The standard InChI is InChI=1S/C33H65O10P/c1-3-5-7-9-11-13-15-17-19-21-23-25-31(35)40-28-30(29-41-44(38,39)43-33(37)27-34)42-32(36)26-24-22-20-18-16-14-12-10-8-6-4-2/h30,33-34,37H,3-29H2,1-2H3,(H,38,39). The Hall–Kier alpha value is -1.03. The smallest absolute Gasteiger partial charge is 0.462 e. The Morgan fingerprint density at radius 1 is 0.614 bits per heavy atom. The summed E-state index contributed by atoms with van der Waals surface area (Å²) in [5.74, 6) is -0.952. The molecule has 0 aliphatic rings. The van der Waals surface area contributed by atoms with Crippen LogP contribution in [0.3, 0.4) is 0 Å². The summed E-state index contributed by atoms with van der Waals surface area (Å²) in [4.78, 5) is 34.5. The summed E-state index contributed by atoms with van der Waals surface area (Å²) in [6, 6.07) is 0. The Balaban J connectivity index is 4.34. The first-order valence-corrected chi connectivity index (χ1v) is 19.0. The van der Waals surface area contributed by atoms with Gasteiger partial charge in [-0.05, 0) is 12.8 Å². The molecule has 0 aromatic rings. The Labute approximate surface area is 267 Å². The molecule has 0 bridgehead atoms. The number of hydrogen-bond donors (Lipinski definition) is 3. The van der Waals surface area contributed by atoms with Crippen LogP contribution in [0.25, 0.3) is 0 Å². The first-order chi connectivity index (χ1) is 21.2. The van der Waals surface area contributed by atoms with Crippen LogP contribution < -0.4 is 0 Å². The molecular weight excluding hydrogens is 587 g/mol. The molecule has 0 fully saturated rings. The van der Waals surface area contributed by atoms with Crippen molar-refractivity contribution in [3.63, 3.8) is 0 Å². The molecule has 10 nitrogen and oxygen atoms in total. The minimum Gasteiger partial charge on any atom is -0.462 e. The Kier molecular flexibility index (Phi) is 29.9. The number of rotatable bonds is 33. The molecule has 3 unspecified atom stereocenters. The lowest BCUT2D eigenvalue weighted by atomic mass is 10.1. The lowest BCUT2D eigenvalue weighted by molar-refractivity contribution is -0.161. The summed E-state index contributed by atoms with van der Waals surface area (Å²) >= 11 is 0. The van der Waals surface area contributed by atoms with Crippen molar-refractivity contribution in [2.45, 2.75) is 180 Å². The number of aliphatic hydroxyl groups excluding tert-OH is 2. The normalized spacial score (nSPS) is 14.2. The van der Waals surface area contributed by atoms with Gasteiger partial charge in [-0.3, -0.25) is 18.6 Å². The number of unbranched alkanes of at least 4 members (excludes halogenated alkanes) is 20. The van der Waals surface area contributed by atoms with Crippen molar-refractivity contribution in [1.29, 1.82) is 0 Å². The van der Waals surface area contributed by atoms with E-state index in [4.69, 9.17) is 19.1 Å². The van der Waals surface area contributed by atoms with Crippen molar-refractivity contribution in [2.24, 2.45) is 0 Å². The molecule has 0 saturated carbocycles. The predicted octanol–water partition coefficient (Wildman–Crippen LogP) is 8.29. The van der Waals surface area contributed by atoms with E-state index in [-0.39, 0.29) is 19.4 Å². The minimum absolute atomic E-state index is 0.177. The van der Waals surface area contributed by atoms with Crippen LogP contribution in [0.5, 0.6) is 0 Å². The highest BCUT2D eigenvalue weighted by Crippen LogP contribution is 2.44. The van der Waals surface area contributed by atoms with Gasteiger partial charge in [0.25, 0.3) is 0 Å². The van der Waals surface area contributed by atoms with Gasteiger partial charge in [0, 0.05) is 12.8 Å². The Bertz CT molecular complexity index is 721. The second kappa shape index (κ2) is 30.6. The zero-order valence-electron chi connectivity index (χ0n) is 27.9. The third kappa shape index (κ3) is 29.7. The van der Waals surface area contributed by atoms with E-state index in [1.807, 2.05) is 0 Å². The Morgan fingerprint density at radius 2 is 1.00 bits per heavy atom. The van der Waals surface area contributed by atoms with Crippen LogP contribution >= 0.6 is 7.82 Å². The SMILES string of the molecule is CCCCCCCCCCCCCC(=O)OCC(COP(=O)(O)OC(O)CO)OC(=O)CCCCCCCCCCCCC. The lowest BCUT2D eigenvalue weighted by Crippen LogP contribution is -2.30. The molecule has 0 radical (unpaired) electrons. The molecule has 3 atom stereocenters. The fourth-order valence-corrected chi connectivity index (χ4v) is 5.67. The number of aliphatic hydroxyl groups is 2. The first kappa shape index (κ1) is 43.0. The van der Waals surface area contributed by atoms with E-state index < -0.39 is 45.4 Å². The van der Waals surface area contributed by atoms with Crippen LogP contribution in [0.2, 0.25) is 0 Å². The largest absolute Gasteiger partial charge is 0.474 e. The molecule has 0 heterocycles. The fourth-order valence-electron chi connectivity index (χ4n) is 4.88. The van der Waals surface area contributed by atoms with Crippen molar-refractivity contribution >= 4 is 19.8 Å². The molecule has 0 aliphatic heterocycles. The molecular formula is C33H65O10P. The lowest BCUT2D eigenvalue weighted by Gasteiger charge is -2.20. The summed E-state index contributed by atoms with van der Waals surface area (Å²) < 4.78 is 31.9. The maximum absolute atomic E-state index is 12.4. The van der Waals surface area contributed by atoms with Crippen molar-refractivity contribution in [3.8, 4) is 0 Å². The summed E-state index contributed by atoms with van der Waals surface area (Å²) in [6.45, 7) is 2.62.